The zero-order valence-corrected chi connectivity index (χ0v) is 15.2. The molecular weight excluding hydrogens is 338 g/mol. The summed E-state index contributed by atoms with van der Waals surface area (Å²) in [5.74, 6) is 2.18. The average molecular weight is 355 g/mol. The molecule has 0 fully saturated rings. The van der Waals surface area contributed by atoms with Crippen LogP contribution in [0.1, 0.15) is 16.7 Å². The zero-order valence-electron chi connectivity index (χ0n) is 15.2. The molecular formula is C20H17N7. The van der Waals surface area contributed by atoms with E-state index in [2.05, 4.69) is 34.9 Å². The van der Waals surface area contributed by atoms with E-state index in [-0.39, 0.29) is 0 Å². The van der Waals surface area contributed by atoms with E-state index in [1.807, 2.05) is 45.0 Å². The topological polar surface area (TPSA) is 90.2 Å². The van der Waals surface area contributed by atoms with Gasteiger partial charge in [0, 0.05) is 30.4 Å². The molecule has 132 valence electrons. The largest absolute Gasteiger partial charge is 0.234 e. The van der Waals surface area contributed by atoms with Crippen molar-refractivity contribution in [2.75, 3.05) is 0 Å². The molecule has 0 atom stereocenters. The first-order chi connectivity index (χ1) is 13.1. The summed E-state index contributed by atoms with van der Waals surface area (Å²) in [6.07, 6.45) is 6.94. The van der Waals surface area contributed by atoms with Crippen LogP contribution in [0.25, 0.3) is 34.7 Å². The van der Waals surface area contributed by atoms with Gasteiger partial charge >= 0.3 is 0 Å². The Labute approximate surface area is 156 Å². The lowest BCUT2D eigenvalue weighted by Crippen LogP contribution is -2.04. The van der Waals surface area contributed by atoms with E-state index in [1.165, 1.54) is 0 Å². The Morgan fingerprint density at radius 3 is 1.30 bits per heavy atom. The van der Waals surface area contributed by atoms with Crippen LogP contribution >= 0.6 is 0 Å². The van der Waals surface area contributed by atoms with Crippen molar-refractivity contribution in [1.29, 1.82) is 0 Å². The smallest absolute Gasteiger partial charge is 0.201 e. The minimum atomic E-state index is 0.389. The van der Waals surface area contributed by atoms with Gasteiger partial charge in [-0.05, 0) is 31.9 Å². The van der Waals surface area contributed by atoms with Crippen LogP contribution < -0.4 is 0 Å². The van der Waals surface area contributed by atoms with Crippen LogP contribution in [0.3, 0.4) is 0 Å². The molecule has 0 aliphatic rings. The molecule has 7 heteroatoms. The van der Waals surface area contributed by atoms with E-state index >= 15 is 0 Å². The summed E-state index contributed by atoms with van der Waals surface area (Å²) in [6, 6.07) is 7.99. The number of hydrogen-bond acceptors (Lipinski definition) is 7. The maximum absolute atomic E-state index is 4.57. The highest BCUT2D eigenvalue weighted by Crippen LogP contribution is 2.21. The fourth-order valence-corrected chi connectivity index (χ4v) is 2.42. The van der Waals surface area contributed by atoms with E-state index < -0.39 is 0 Å². The molecule has 7 nitrogen and oxygen atoms in total. The maximum Gasteiger partial charge on any atom is 0.201 e. The highest BCUT2D eigenvalue weighted by Gasteiger charge is 2.15. The van der Waals surface area contributed by atoms with Crippen LogP contribution in [-0.4, -0.2) is 34.9 Å². The summed E-state index contributed by atoms with van der Waals surface area (Å²) in [7, 11) is 0. The quantitative estimate of drug-likeness (QED) is 0.556. The molecule has 3 aromatic heterocycles. The highest BCUT2D eigenvalue weighted by molar-refractivity contribution is 5.61. The summed E-state index contributed by atoms with van der Waals surface area (Å²) < 4.78 is 0. The number of nitrogens with zero attached hydrogens (tertiary/aromatic N) is 7. The summed E-state index contributed by atoms with van der Waals surface area (Å²) in [5.41, 5.74) is 3.98. The van der Waals surface area contributed by atoms with Crippen LogP contribution in [0.2, 0.25) is 0 Å². The predicted octanol–water partition coefficient (Wildman–Crippen LogP) is 3.38. The number of aromatic nitrogens is 7. The Hall–Kier alpha value is -3.61. The van der Waals surface area contributed by atoms with Crippen molar-refractivity contribution in [1.82, 2.24) is 34.9 Å². The lowest BCUT2D eigenvalue weighted by atomic mass is 10.1. The first-order valence-electron chi connectivity index (χ1n) is 8.49. The van der Waals surface area contributed by atoms with E-state index in [9.17, 15) is 0 Å². The standard InChI is InChI=1S/C20H17N7/c1-12-4-6-15(7-5-12)16-25-19(17-21-8-13(2)9-22-17)27-20(26-16)18-23-10-14(3)11-24-18/h4-11H,1-3H3. The third kappa shape index (κ3) is 3.67. The van der Waals surface area contributed by atoms with E-state index in [0.717, 1.165) is 22.3 Å². The summed E-state index contributed by atoms with van der Waals surface area (Å²) in [6.45, 7) is 5.90. The van der Waals surface area contributed by atoms with Gasteiger partial charge in [-0.2, -0.15) is 0 Å². The molecule has 3 heterocycles. The fraction of sp³-hybridized carbons (Fsp3) is 0.150. The van der Waals surface area contributed by atoms with Gasteiger partial charge < -0.3 is 0 Å². The average Bonchev–Trinajstić information content (AvgIpc) is 2.69. The molecule has 0 bridgehead atoms. The normalized spacial score (nSPS) is 10.8. The Balaban J connectivity index is 1.89. The lowest BCUT2D eigenvalue weighted by molar-refractivity contribution is 0.995. The van der Waals surface area contributed by atoms with E-state index in [1.54, 1.807) is 24.8 Å². The van der Waals surface area contributed by atoms with Gasteiger partial charge in [0.15, 0.2) is 17.5 Å². The van der Waals surface area contributed by atoms with Gasteiger partial charge in [0.1, 0.15) is 0 Å². The number of benzene rings is 1. The zero-order chi connectivity index (χ0) is 18.8. The van der Waals surface area contributed by atoms with Crippen molar-refractivity contribution >= 4 is 0 Å². The molecule has 27 heavy (non-hydrogen) atoms. The summed E-state index contributed by atoms with van der Waals surface area (Å²) >= 11 is 0. The molecule has 0 spiro atoms. The predicted molar refractivity (Wildman–Crippen MR) is 102 cm³/mol. The van der Waals surface area contributed by atoms with Gasteiger partial charge in [-0.15, -0.1) is 0 Å². The van der Waals surface area contributed by atoms with Crippen LogP contribution in [0.15, 0.2) is 49.1 Å². The van der Waals surface area contributed by atoms with Gasteiger partial charge in [-0.3, -0.25) is 0 Å². The molecule has 4 rings (SSSR count). The Bertz CT molecular complexity index is 919. The highest BCUT2D eigenvalue weighted by atomic mass is 15.1. The third-order valence-corrected chi connectivity index (χ3v) is 3.91. The fourth-order valence-electron chi connectivity index (χ4n) is 2.42. The van der Waals surface area contributed by atoms with Crippen molar-refractivity contribution in [3.63, 3.8) is 0 Å². The summed E-state index contributed by atoms with van der Waals surface area (Å²) in [4.78, 5) is 31.0. The van der Waals surface area contributed by atoms with Crippen LogP contribution in [0.5, 0.6) is 0 Å². The second-order valence-electron chi connectivity index (χ2n) is 6.34. The van der Waals surface area contributed by atoms with Gasteiger partial charge in [0.2, 0.25) is 11.6 Å². The number of hydrogen-bond donors (Lipinski definition) is 0. The SMILES string of the molecule is Cc1ccc(-c2nc(-c3ncc(C)cn3)nc(-c3ncc(C)cn3)n2)cc1. The van der Waals surface area contributed by atoms with Crippen molar-refractivity contribution in [2.45, 2.75) is 20.8 Å². The molecule has 0 unspecified atom stereocenters. The van der Waals surface area contributed by atoms with Gasteiger partial charge in [-0.25, -0.2) is 34.9 Å². The first kappa shape index (κ1) is 16.8. The van der Waals surface area contributed by atoms with Crippen molar-refractivity contribution in [2.24, 2.45) is 0 Å². The van der Waals surface area contributed by atoms with Crippen LogP contribution in [-0.2, 0) is 0 Å². The molecule has 1 aromatic carbocycles. The second kappa shape index (κ2) is 6.95. The van der Waals surface area contributed by atoms with E-state index in [4.69, 9.17) is 0 Å². The minimum absolute atomic E-state index is 0.389. The lowest BCUT2D eigenvalue weighted by Gasteiger charge is -2.07. The molecule has 0 amide bonds. The second-order valence-corrected chi connectivity index (χ2v) is 6.34. The third-order valence-electron chi connectivity index (χ3n) is 3.91. The number of rotatable bonds is 3. The van der Waals surface area contributed by atoms with Gasteiger partial charge in [-0.1, -0.05) is 29.8 Å². The first-order valence-corrected chi connectivity index (χ1v) is 8.49. The van der Waals surface area contributed by atoms with E-state index in [0.29, 0.717) is 29.1 Å². The Morgan fingerprint density at radius 2 is 0.852 bits per heavy atom. The van der Waals surface area contributed by atoms with Gasteiger partial charge in [0.05, 0.1) is 0 Å². The van der Waals surface area contributed by atoms with Crippen molar-refractivity contribution < 1.29 is 0 Å². The monoisotopic (exact) mass is 355 g/mol. The molecule has 4 aromatic rings. The number of aryl methyl sites for hydroxylation is 3. The van der Waals surface area contributed by atoms with Crippen LogP contribution in [0, 0.1) is 20.8 Å². The summed E-state index contributed by atoms with van der Waals surface area (Å²) in [5, 5.41) is 0. The Morgan fingerprint density at radius 1 is 0.444 bits per heavy atom. The van der Waals surface area contributed by atoms with Crippen molar-refractivity contribution in [3.8, 4) is 34.7 Å². The molecule has 0 aliphatic heterocycles. The Kier molecular flexibility index (Phi) is 4.33. The molecule has 0 N–H and O–H groups in total. The molecule has 0 radical (unpaired) electrons. The molecule has 0 saturated heterocycles. The van der Waals surface area contributed by atoms with Crippen LogP contribution in [0.4, 0.5) is 0 Å². The molecule has 0 saturated carbocycles. The maximum atomic E-state index is 4.57. The molecule has 0 aliphatic carbocycles. The van der Waals surface area contributed by atoms with Gasteiger partial charge in [0.25, 0.3) is 0 Å². The minimum Gasteiger partial charge on any atom is -0.234 e. The van der Waals surface area contributed by atoms with Crippen molar-refractivity contribution in [3.05, 3.63) is 65.7 Å².